The molecule has 0 aromatic rings. The third-order valence-electron chi connectivity index (χ3n) is 3.75. The summed E-state index contributed by atoms with van der Waals surface area (Å²) in [5, 5.41) is 5.80. The summed E-state index contributed by atoms with van der Waals surface area (Å²) in [5.74, 6) is 0.338. The molecule has 0 aromatic heterocycles. The Morgan fingerprint density at radius 2 is 1.94 bits per heavy atom. The smallest absolute Gasteiger partial charge is 0.223 e. The van der Waals surface area contributed by atoms with Crippen molar-refractivity contribution in [1.29, 1.82) is 0 Å². The number of hydrogen-bond donors (Lipinski definition) is 3. The van der Waals surface area contributed by atoms with Crippen molar-refractivity contribution in [2.75, 3.05) is 6.54 Å². The molecule has 1 aliphatic carbocycles. The molecular formula is C12H21N3O2. The summed E-state index contributed by atoms with van der Waals surface area (Å²) in [6, 6.07) is 0.379. The van der Waals surface area contributed by atoms with E-state index in [0.717, 1.165) is 32.1 Å². The molecule has 0 radical (unpaired) electrons. The first-order chi connectivity index (χ1) is 8.15. The van der Waals surface area contributed by atoms with Crippen LogP contribution in [0.15, 0.2) is 0 Å². The molecule has 4 N–H and O–H groups in total. The van der Waals surface area contributed by atoms with E-state index in [0.29, 0.717) is 13.0 Å². The molecule has 1 atom stereocenters. The van der Waals surface area contributed by atoms with E-state index in [1.807, 2.05) is 0 Å². The summed E-state index contributed by atoms with van der Waals surface area (Å²) in [7, 11) is 0. The van der Waals surface area contributed by atoms with Gasteiger partial charge in [0.2, 0.25) is 11.8 Å². The molecule has 2 aliphatic rings. The van der Waals surface area contributed by atoms with Crippen molar-refractivity contribution in [3.8, 4) is 0 Å². The lowest BCUT2D eigenvalue weighted by Gasteiger charge is -2.29. The van der Waals surface area contributed by atoms with Gasteiger partial charge in [0.15, 0.2) is 0 Å². The second-order valence-electron chi connectivity index (χ2n) is 5.16. The molecule has 0 bridgehead atoms. The van der Waals surface area contributed by atoms with Gasteiger partial charge in [0.25, 0.3) is 0 Å². The maximum absolute atomic E-state index is 12.0. The monoisotopic (exact) mass is 239 g/mol. The fraction of sp³-hybridized carbons (Fsp3) is 0.833. The molecule has 1 aliphatic heterocycles. The lowest BCUT2D eigenvalue weighted by atomic mass is 9.85. The Morgan fingerprint density at radius 3 is 2.53 bits per heavy atom. The molecule has 1 unspecified atom stereocenters. The zero-order valence-corrected chi connectivity index (χ0v) is 10.1. The Bertz CT molecular complexity index is 288. The highest BCUT2D eigenvalue weighted by atomic mass is 16.2. The Balaban J connectivity index is 1.75. The molecule has 2 rings (SSSR count). The molecule has 1 heterocycles. The molecule has 2 fully saturated rings. The molecule has 1 saturated carbocycles. The largest absolute Gasteiger partial charge is 0.354 e. The van der Waals surface area contributed by atoms with Crippen LogP contribution in [0.4, 0.5) is 0 Å². The van der Waals surface area contributed by atoms with E-state index >= 15 is 0 Å². The molecule has 5 nitrogen and oxygen atoms in total. The number of hydrogen-bond acceptors (Lipinski definition) is 3. The summed E-state index contributed by atoms with van der Waals surface area (Å²) in [4.78, 5) is 23.0. The van der Waals surface area contributed by atoms with Crippen molar-refractivity contribution in [1.82, 2.24) is 10.6 Å². The van der Waals surface area contributed by atoms with Crippen molar-refractivity contribution in [3.63, 3.8) is 0 Å². The summed E-state index contributed by atoms with van der Waals surface area (Å²) in [6.07, 6.45) is 4.95. The Kier molecular flexibility index (Phi) is 3.99. The van der Waals surface area contributed by atoms with Gasteiger partial charge >= 0.3 is 0 Å². The maximum Gasteiger partial charge on any atom is 0.223 e. The van der Waals surface area contributed by atoms with E-state index in [9.17, 15) is 9.59 Å². The molecule has 96 valence electrons. The highest BCUT2D eigenvalue weighted by Crippen LogP contribution is 2.23. The lowest BCUT2D eigenvalue weighted by Crippen LogP contribution is -2.49. The van der Waals surface area contributed by atoms with Crippen LogP contribution in [0.1, 0.15) is 38.5 Å². The maximum atomic E-state index is 12.0. The van der Waals surface area contributed by atoms with Gasteiger partial charge in [-0.15, -0.1) is 0 Å². The third-order valence-corrected chi connectivity index (χ3v) is 3.75. The predicted octanol–water partition coefficient (Wildman–Crippen LogP) is -0.101. The van der Waals surface area contributed by atoms with Gasteiger partial charge in [0.1, 0.15) is 0 Å². The van der Waals surface area contributed by atoms with Gasteiger partial charge in [-0.2, -0.15) is 0 Å². The first-order valence-electron chi connectivity index (χ1n) is 6.48. The van der Waals surface area contributed by atoms with Gasteiger partial charge in [0.05, 0.1) is 0 Å². The number of carbonyl (C=O) groups is 2. The molecule has 5 heteroatoms. The summed E-state index contributed by atoms with van der Waals surface area (Å²) in [5.41, 5.74) is 5.82. The van der Waals surface area contributed by atoms with Gasteiger partial charge in [-0.05, 0) is 32.1 Å². The van der Waals surface area contributed by atoms with Crippen LogP contribution in [0.25, 0.3) is 0 Å². The fourth-order valence-corrected chi connectivity index (χ4v) is 2.56. The molecule has 0 spiro atoms. The van der Waals surface area contributed by atoms with Gasteiger partial charge in [-0.25, -0.2) is 0 Å². The number of nitrogens with two attached hydrogens (primary N) is 1. The quantitative estimate of drug-likeness (QED) is 0.629. The number of piperidine rings is 1. The number of nitrogens with one attached hydrogen (secondary N) is 2. The summed E-state index contributed by atoms with van der Waals surface area (Å²) in [6.45, 7) is 0.566. The van der Waals surface area contributed by atoms with E-state index in [1.54, 1.807) is 0 Å². The van der Waals surface area contributed by atoms with Gasteiger partial charge in [-0.1, -0.05) is 0 Å². The Labute approximate surface area is 102 Å². The average molecular weight is 239 g/mol. The standard InChI is InChI=1S/C12H21N3O2/c13-9-3-1-8(2-4-9)12(17)15-10-5-6-11(16)14-7-10/h8-10H,1-7,13H2,(H,14,16)(H,15,17). The average Bonchev–Trinajstić information content (AvgIpc) is 2.33. The van der Waals surface area contributed by atoms with Crippen molar-refractivity contribution in [3.05, 3.63) is 0 Å². The van der Waals surface area contributed by atoms with E-state index in [4.69, 9.17) is 5.73 Å². The van der Waals surface area contributed by atoms with Crippen molar-refractivity contribution < 1.29 is 9.59 Å². The predicted molar refractivity (Wildman–Crippen MR) is 64.1 cm³/mol. The van der Waals surface area contributed by atoms with Gasteiger partial charge < -0.3 is 16.4 Å². The number of rotatable bonds is 2. The van der Waals surface area contributed by atoms with Crippen molar-refractivity contribution in [2.24, 2.45) is 11.7 Å². The van der Waals surface area contributed by atoms with Crippen LogP contribution < -0.4 is 16.4 Å². The first kappa shape index (κ1) is 12.4. The minimum absolute atomic E-state index is 0.0825. The van der Waals surface area contributed by atoms with E-state index in [-0.39, 0.29) is 29.8 Å². The normalized spacial score (nSPS) is 33.9. The second-order valence-corrected chi connectivity index (χ2v) is 5.16. The Morgan fingerprint density at radius 1 is 1.24 bits per heavy atom. The Hall–Kier alpha value is -1.10. The highest BCUT2D eigenvalue weighted by molar-refractivity contribution is 5.80. The van der Waals surface area contributed by atoms with Crippen LogP contribution in [0.2, 0.25) is 0 Å². The number of amides is 2. The number of carbonyl (C=O) groups excluding carboxylic acids is 2. The molecule has 1 saturated heterocycles. The van der Waals surface area contributed by atoms with Gasteiger partial charge in [0, 0.05) is 31.0 Å². The SMILES string of the molecule is NC1CCC(C(=O)NC2CCC(=O)NC2)CC1. The van der Waals surface area contributed by atoms with Crippen LogP contribution in [-0.2, 0) is 9.59 Å². The molecular weight excluding hydrogens is 218 g/mol. The first-order valence-corrected chi connectivity index (χ1v) is 6.48. The fourth-order valence-electron chi connectivity index (χ4n) is 2.56. The van der Waals surface area contributed by atoms with Gasteiger partial charge in [-0.3, -0.25) is 9.59 Å². The van der Waals surface area contributed by atoms with Crippen LogP contribution in [-0.4, -0.2) is 30.4 Å². The van der Waals surface area contributed by atoms with E-state index < -0.39 is 0 Å². The molecule has 0 aromatic carbocycles. The van der Waals surface area contributed by atoms with Crippen LogP contribution in [0.3, 0.4) is 0 Å². The van der Waals surface area contributed by atoms with Crippen molar-refractivity contribution >= 4 is 11.8 Å². The van der Waals surface area contributed by atoms with E-state index in [2.05, 4.69) is 10.6 Å². The van der Waals surface area contributed by atoms with Crippen molar-refractivity contribution in [2.45, 2.75) is 50.6 Å². The molecule has 17 heavy (non-hydrogen) atoms. The zero-order valence-electron chi connectivity index (χ0n) is 10.1. The topological polar surface area (TPSA) is 84.2 Å². The zero-order chi connectivity index (χ0) is 12.3. The molecule has 2 amide bonds. The third kappa shape index (κ3) is 3.43. The van der Waals surface area contributed by atoms with E-state index in [1.165, 1.54) is 0 Å². The second kappa shape index (κ2) is 5.49. The minimum Gasteiger partial charge on any atom is -0.354 e. The summed E-state index contributed by atoms with van der Waals surface area (Å²) < 4.78 is 0. The lowest BCUT2D eigenvalue weighted by molar-refractivity contribution is -0.128. The van der Waals surface area contributed by atoms with Crippen LogP contribution in [0, 0.1) is 5.92 Å². The summed E-state index contributed by atoms with van der Waals surface area (Å²) >= 11 is 0. The van der Waals surface area contributed by atoms with Crippen LogP contribution in [0.5, 0.6) is 0 Å². The van der Waals surface area contributed by atoms with Crippen LogP contribution >= 0.6 is 0 Å². The highest BCUT2D eigenvalue weighted by Gasteiger charge is 2.27. The minimum atomic E-state index is 0.0825.